The second-order valence-corrected chi connectivity index (χ2v) is 10.8. The van der Waals surface area contributed by atoms with Crippen LogP contribution in [-0.2, 0) is 13.0 Å². The Balaban J connectivity index is 1.39. The molecule has 1 fully saturated rings. The Bertz CT molecular complexity index is 1380. The number of hydrogen-bond donors (Lipinski definition) is 1. The first-order chi connectivity index (χ1) is 17.6. The molecule has 2 aliphatic rings. The Hall–Kier alpha value is -3.11. The molecule has 4 nitrogen and oxygen atoms in total. The van der Waals surface area contributed by atoms with E-state index in [1.165, 1.54) is 65.3 Å². The van der Waals surface area contributed by atoms with Crippen molar-refractivity contribution >= 4 is 10.9 Å². The van der Waals surface area contributed by atoms with Gasteiger partial charge in [-0.2, -0.15) is 0 Å². The maximum Gasteiger partial charge on any atom is 0.128 e. The van der Waals surface area contributed by atoms with E-state index in [0.29, 0.717) is 12.1 Å². The highest BCUT2D eigenvalue weighted by molar-refractivity contribution is 5.96. The summed E-state index contributed by atoms with van der Waals surface area (Å²) in [6.07, 6.45) is 10.8. The normalized spacial score (nSPS) is 18.2. The minimum Gasteiger partial charge on any atom is -0.490 e. The fourth-order valence-electron chi connectivity index (χ4n) is 6.41. The predicted octanol–water partition coefficient (Wildman–Crippen LogP) is 7.68. The molecule has 1 saturated carbocycles. The maximum atomic E-state index is 6.77. The molecule has 1 N–H and O–H groups in total. The molecular formula is C32H37N3O. The second kappa shape index (κ2) is 9.74. The molecule has 0 aliphatic heterocycles. The molecule has 36 heavy (non-hydrogen) atoms. The smallest absolute Gasteiger partial charge is 0.128 e. The zero-order valence-corrected chi connectivity index (χ0v) is 21.8. The van der Waals surface area contributed by atoms with Gasteiger partial charge in [0.25, 0.3) is 0 Å². The van der Waals surface area contributed by atoms with Crippen LogP contribution in [-0.4, -0.2) is 28.0 Å². The van der Waals surface area contributed by atoms with Crippen molar-refractivity contribution in [3.63, 3.8) is 0 Å². The topological polar surface area (TPSA) is 41.1 Å². The van der Waals surface area contributed by atoms with Gasteiger partial charge in [-0.1, -0.05) is 30.3 Å². The lowest BCUT2D eigenvalue weighted by Gasteiger charge is -2.34. The lowest BCUT2D eigenvalue weighted by Crippen LogP contribution is -2.28. The monoisotopic (exact) mass is 479 g/mol. The van der Waals surface area contributed by atoms with Crippen LogP contribution in [0.15, 0.2) is 54.7 Å². The summed E-state index contributed by atoms with van der Waals surface area (Å²) in [7, 11) is 2.27. The van der Waals surface area contributed by atoms with Gasteiger partial charge in [0.15, 0.2) is 0 Å². The fraction of sp³-hybridized carbons (Fsp3) is 0.406. The number of pyridine rings is 1. The molecule has 0 radical (unpaired) electrons. The summed E-state index contributed by atoms with van der Waals surface area (Å²) in [6, 6.07) is 18.1. The van der Waals surface area contributed by atoms with Gasteiger partial charge in [0, 0.05) is 52.6 Å². The van der Waals surface area contributed by atoms with E-state index >= 15 is 0 Å². The van der Waals surface area contributed by atoms with Crippen molar-refractivity contribution in [3.05, 3.63) is 82.7 Å². The Kier molecular flexibility index (Phi) is 6.30. The van der Waals surface area contributed by atoms with E-state index in [9.17, 15) is 0 Å². The summed E-state index contributed by atoms with van der Waals surface area (Å²) < 4.78 is 6.77. The van der Waals surface area contributed by atoms with Gasteiger partial charge in [-0.25, -0.2) is 0 Å². The van der Waals surface area contributed by atoms with E-state index in [1.807, 2.05) is 6.20 Å². The first kappa shape index (κ1) is 23.3. The highest BCUT2D eigenvalue weighted by Gasteiger charge is 2.27. The van der Waals surface area contributed by atoms with Gasteiger partial charge in [-0.3, -0.25) is 9.88 Å². The van der Waals surface area contributed by atoms with Crippen LogP contribution in [0.4, 0.5) is 0 Å². The summed E-state index contributed by atoms with van der Waals surface area (Å²) in [4.78, 5) is 11.1. The lowest BCUT2D eigenvalue weighted by atomic mass is 9.87. The van der Waals surface area contributed by atoms with Crippen LogP contribution >= 0.6 is 0 Å². The largest absolute Gasteiger partial charge is 0.490 e. The summed E-state index contributed by atoms with van der Waals surface area (Å²) in [5.74, 6) is 1.02. The van der Waals surface area contributed by atoms with Crippen LogP contribution in [0.25, 0.3) is 22.2 Å². The van der Waals surface area contributed by atoms with Crippen molar-refractivity contribution in [2.45, 2.75) is 77.5 Å². The number of H-pyrrole nitrogens is 1. The molecule has 4 heteroatoms. The first-order valence-corrected chi connectivity index (χ1v) is 13.6. The number of aryl methyl sites for hydroxylation is 3. The minimum absolute atomic E-state index is 0.309. The quantitative estimate of drug-likeness (QED) is 0.308. The number of nitrogens with zero attached hydrogens (tertiary/aromatic N) is 2. The van der Waals surface area contributed by atoms with Crippen LogP contribution in [0.2, 0.25) is 0 Å². The molecule has 2 heterocycles. The molecule has 0 spiro atoms. The van der Waals surface area contributed by atoms with Crippen molar-refractivity contribution in [2.75, 3.05) is 7.05 Å². The predicted molar refractivity (Wildman–Crippen MR) is 147 cm³/mol. The number of fused-ring (bicyclic) bond motifs is 2. The SMILES string of the molecule is Cc1ccc2[nH]ccc2c1-c1cc(OC2CCCC2)c(CN(C)C2CCCc3ccccc32)c(C)n1. The van der Waals surface area contributed by atoms with Crippen LogP contribution in [0.3, 0.4) is 0 Å². The number of nitrogens with one attached hydrogen (secondary N) is 1. The first-order valence-electron chi connectivity index (χ1n) is 13.6. The van der Waals surface area contributed by atoms with Crippen molar-refractivity contribution in [1.29, 1.82) is 0 Å². The Morgan fingerprint density at radius 2 is 1.83 bits per heavy atom. The number of rotatable bonds is 6. The maximum absolute atomic E-state index is 6.77. The highest BCUT2D eigenvalue weighted by Crippen LogP contribution is 2.39. The molecular weight excluding hydrogens is 442 g/mol. The van der Waals surface area contributed by atoms with E-state index in [-0.39, 0.29) is 0 Å². The lowest BCUT2D eigenvalue weighted by molar-refractivity contribution is 0.189. The molecule has 0 amide bonds. The molecule has 186 valence electrons. The number of benzene rings is 2. The molecule has 2 aliphatic carbocycles. The van der Waals surface area contributed by atoms with E-state index in [4.69, 9.17) is 9.72 Å². The van der Waals surface area contributed by atoms with Gasteiger partial charge in [-0.15, -0.1) is 0 Å². The fourth-order valence-corrected chi connectivity index (χ4v) is 6.41. The zero-order valence-electron chi connectivity index (χ0n) is 21.8. The molecule has 0 saturated heterocycles. The van der Waals surface area contributed by atoms with Crippen LogP contribution in [0, 0.1) is 13.8 Å². The summed E-state index contributed by atoms with van der Waals surface area (Å²) in [5, 5.41) is 1.22. The van der Waals surface area contributed by atoms with Crippen molar-refractivity contribution in [1.82, 2.24) is 14.9 Å². The van der Waals surface area contributed by atoms with Gasteiger partial charge in [-0.05, 0) is 94.7 Å². The molecule has 2 aromatic carbocycles. The Morgan fingerprint density at radius 1 is 1.00 bits per heavy atom. The third-order valence-corrected chi connectivity index (χ3v) is 8.36. The average Bonchev–Trinajstić information content (AvgIpc) is 3.57. The summed E-state index contributed by atoms with van der Waals surface area (Å²) in [6.45, 7) is 5.18. The Labute approximate surface area is 214 Å². The number of aromatic amines is 1. The standard InChI is InChI=1S/C32H37N3O/c1-21-15-16-28-26(17-18-33-28)32(21)29-19-31(36-24-11-5-6-12-24)27(22(2)34-29)20-35(3)30-14-8-10-23-9-4-7-13-25(23)30/h4,7,9,13,15-19,24,30,33H,5-6,8,10-12,14,20H2,1-3H3. The highest BCUT2D eigenvalue weighted by atomic mass is 16.5. The third-order valence-electron chi connectivity index (χ3n) is 8.36. The van der Waals surface area contributed by atoms with Crippen LogP contribution in [0.5, 0.6) is 5.75 Å². The number of hydrogen-bond acceptors (Lipinski definition) is 3. The van der Waals surface area contributed by atoms with Gasteiger partial charge in [0.1, 0.15) is 5.75 Å². The average molecular weight is 480 g/mol. The van der Waals surface area contributed by atoms with E-state index in [0.717, 1.165) is 42.0 Å². The van der Waals surface area contributed by atoms with E-state index < -0.39 is 0 Å². The van der Waals surface area contributed by atoms with Crippen molar-refractivity contribution < 1.29 is 4.74 Å². The summed E-state index contributed by atoms with van der Waals surface area (Å²) >= 11 is 0. The summed E-state index contributed by atoms with van der Waals surface area (Å²) in [5.41, 5.74) is 9.90. The molecule has 6 rings (SSSR count). The second-order valence-electron chi connectivity index (χ2n) is 10.8. The number of aromatic nitrogens is 2. The van der Waals surface area contributed by atoms with Gasteiger partial charge < -0.3 is 9.72 Å². The Morgan fingerprint density at radius 3 is 2.69 bits per heavy atom. The van der Waals surface area contributed by atoms with Crippen LogP contribution < -0.4 is 4.74 Å². The van der Waals surface area contributed by atoms with Gasteiger partial charge in [0.05, 0.1) is 11.8 Å². The third kappa shape index (κ3) is 4.32. The van der Waals surface area contributed by atoms with Gasteiger partial charge in [0.2, 0.25) is 0 Å². The zero-order chi connectivity index (χ0) is 24.6. The molecule has 1 unspecified atom stereocenters. The van der Waals surface area contributed by atoms with Crippen molar-refractivity contribution in [3.8, 4) is 17.0 Å². The van der Waals surface area contributed by atoms with E-state index in [1.54, 1.807) is 0 Å². The molecule has 2 aromatic heterocycles. The van der Waals surface area contributed by atoms with Crippen LogP contribution in [0.1, 0.15) is 72.5 Å². The molecule has 0 bridgehead atoms. The molecule has 1 atom stereocenters. The van der Waals surface area contributed by atoms with Crippen molar-refractivity contribution in [2.24, 2.45) is 0 Å². The van der Waals surface area contributed by atoms with Gasteiger partial charge >= 0.3 is 0 Å². The number of ether oxygens (including phenoxy) is 1. The minimum atomic E-state index is 0.309. The molecule has 4 aromatic rings. The van der Waals surface area contributed by atoms with E-state index in [2.05, 4.69) is 79.3 Å².